The van der Waals surface area contributed by atoms with Crippen LogP contribution >= 0.6 is 11.3 Å². The summed E-state index contributed by atoms with van der Waals surface area (Å²) in [7, 11) is 0. The van der Waals surface area contributed by atoms with Crippen LogP contribution in [-0.4, -0.2) is 31.2 Å². The minimum Gasteiger partial charge on any atom is -0.466 e. The second-order valence-electron chi connectivity index (χ2n) is 8.57. The van der Waals surface area contributed by atoms with E-state index < -0.39 is 0 Å². The Hall–Kier alpha value is -2.80. The molecule has 4 rings (SSSR count). The van der Waals surface area contributed by atoms with Gasteiger partial charge in [0.25, 0.3) is 5.91 Å². The third-order valence-electron chi connectivity index (χ3n) is 6.41. The molecule has 0 atom stereocenters. The molecule has 1 aliphatic rings. The van der Waals surface area contributed by atoms with E-state index in [1.165, 1.54) is 15.6 Å². The van der Waals surface area contributed by atoms with Crippen LogP contribution in [-0.2, 0) is 10.2 Å². The third kappa shape index (κ3) is 4.53. The highest BCUT2D eigenvalue weighted by molar-refractivity contribution is 7.17. The number of hydrogen-bond donors (Lipinski definition) is 2. The number of amides is 2. The lowest BCUT2D eigenvalue weighted by atomic mass is 9.68. The Kier molecular flexibility index (Phi) is 6.55. The summed E-state index contributed by atoms with van der Waals surface area (Å²) in [6.45, 7) is 6.62. The van der Waals surface area contributed by atoms with E-state index in [0.29, 0.717) is 24.4 Å². The van der Waals surface area contributed by atoms with Crippen LogP contribution in [0.2, 0.25) is 0 Å². The van der Waals surface area contributed by atoms with Crippen LogP contribution in [0.3, 0.4) is 0 Å². The number of fused-ring (bicyclic) bond motifs is 1. The Labute approximate surface area is 192 Å². The quantitative estimate of drug-likeness (QED) is 0.518. The maximum Gasteiger partial charge on any atom is 0.407 e. The number of carbonyl (C=O) groups excluding carboxylic acids is 2. The predicted octanol–water partition coefficient (Wildman–Crippen LogP) is 5.47. The zero-order valence-corrected chi connectivity index (χ0v) is 19.6. The molecule has 1 saturated carbocycles. The highest BCUT2D eigenvalue weighted by atomic mass is 32.1. The van der Waals surface area contributed by atoms with Gasteiger partial charge in [0.1, 0.15) is 17.6 Å². The Bertz CT molecular complexity index is 1110. The van der Waals surface area contributed by atoms with Gasteiger partial charge in [-0.3, -0.25) is 4.79 Å². The molecule has 2 N–H and O–H groups in total. The molecule has 2 heterocycles. The molecule has 0 aliphatic heterocycles. The van der Waals surface area contributed by atoms with E-state index in [4.69, 9.17) is 9.15 Å². The molecule has 3 aromatic rings. The van der Waals surface area contributed by atoms with Gasteiger partial charge >= 0.3 is 6.09 Å². The first kappa shape index (κ1) is 22.4. The van der Waals surface area contributed by atoms with Crippen molar-refractivity contribution in [1.82, 2.24) is 10.6 Å². The van der Waals surface area contributed by atoms with Crippen LogP contribution in [0.5, 0.6) is 0 Å². The molecule has 1 aliphatic carbocycles. The monoisotopic (exact) mass is 454 g/mol. The van der Waals surface area contributed by atoms with Gasteiger partial charge in [-0.15, -0.1) is 11.3 Å². The Balaban J connectivity index is 1.56. The second kappa shape index (κ2) is 9.36. The molecular weight excluding hydrogens is 424 g/mol. The standard InChI is InChI=1S/C25H30N2O4S/c1-4-26-24(29)31-18-9-11-25(12-10-18,21-14-32-22-8-6-5-7-19(21)22)15-27-23(28)20-13-16(2)30-17(20)3/h5-8,13-14,18H,4,9-12,15H2,1-3H3,(H,26,29)(H,27,28)/t18-,25-. The number of aryl methyl sites for hydroxylation is 2. The van der Waals surface area contributed by atoms with Gasteiger partial charge in [-0.2, -0.15) is 0 Å². The molecule has 0 saturated heterocycles. The number of ether oxygens (including phenoxy) is 1. The van der Waals surface area contributed by atoms with Crippen molar-refractivity contribution in [3.05, 3.63) is 58.4 Å². The Morgan fingerprint density at radius 3 is 2.62 bits per heavy atom. The lowest BCUT2D eigenvalue weighted by Crippen LogP contribution is -2.45. The fourth-order valence-electron chi connectivity index (χ4n) is 4.73. The molecular formula is C25H30N2O4S. The van der Waals surface area contributed by atoms with Gasteiger partial charge in [-0.25, -0.2) is 4.79 Å². The molecule has 0 spiro atoms. The number of carbonyl (C=O) groups is 2. The van der Waals surface area contributed by atoms with Gasteiger partial charge in [0.05, 0.1) is 5.56 Å². The van der Waals surface area contributed by atoms with Crippen LogP contribution in [0.1, 0.15) is 60.0 Å². The van der Waals surface area contributed by atoms with Gasteiger partial charge in [0.2, 0.25) is 0 Å². The van der Waals surface area contributed by atoms with E-state index in [1.807, 2.05) is 20.8 Å². The fourth-order valence-corrected chi connectivity index (χ4v) is 5.81. The van der Waals surface area contributed by atoms with Gasteiger partial charge in [0, 0.05) is 23.2 Å². The zero-order valence-electron chi connectivity index (χ0n) is 18.8. The lowest BCUT2D eigenvalue weighted by Gasteiger charge is -2.40. The van der Waals surface area contributed by atoms with Gasteiger partial charge in [0.15, 0.2) is 0 Å². The molecule has 1 fully saturated rings. The molecule has 32 heavy (non-hydrogen) atoms. The number of nitrogens with one attached hydrogen (secondary N) is 2. The van der Waals surface area contributed by atoms with Crippen LogP contribution in [0.4, 0.5) is 4.79 Å². The summed E-state index contributed by atoms with van der Waals surface area (Å²) in [6.07, 6.45) is 2.74. The molecule has 7 heteroatoms. The van der Waals surface area contributed by atoms with E-state index in [1.54, 1.807) is 17.4 Å². The number of alkyl carbamates (subject to hydrolysis) is 1. The van der Waals surface area contributed by atoms with Crippen molar-refractivity contribution < 1.29 is 18.7 Å². The predicted molar refractivity (Wildman–Crippen MR) is 126 cm³/mol. The molecule has 6 nitrogen and oxygen atoms in total. The average molecular weight is 455 g/mol. The molecule has 0 radical (unpaired) electrons. The topological polar surface area (TPSA) is 80.6 Å². The summed E-state index contributed by atoms with van der Waals surface area (Å²) in [6, 6.07) is 10.2. The fraction of sp³-hybridized carbons (Fsp3) is 0.440. The average Bonchev–Trinajstić information content (AvgIpc) is 3.36. The van der Waals surface area contributed by atoms with Crippen molar-refractivity contribution in [2.24, 2.45) is 0 Å². The summed E-state index contributed by atoms with van der Waals surface area (Å²) < 4.78 is 12.4. The van der Waals surface area contributed by atoms with Crippen LogP contribution in [0, 0.1) is 13.8 Å². The number of benzene rings is 1. The first-order valence-electron chi connectivity index (χ1n) is 11.2. The largest absolute Gasteiger partial charge is 0.466 e. The number of thiophene rings is 1. The number of rotatable bonds is 6. The summed E-state index contributed by atoms with van der Waals surface area (Å²) >= 11 is 1.74. The first-order valence-corrected chi connectivity index (χ1v) is 12.1. The smallest absolute Gasteiger partial charge is 0.407 e. The third-order valence-corrected chi connectivity index (χ3v) is 7.37. The molecule has 1 aromatic carbocycles. The minimum absolute atomic E-state index is 0.103. The Morgan fingerprint density at radius 1 is 1.19 bits per heavy atom. The second-order valence-corrected chi connectivity index (χ2v) is 9.48. The van der Waals surface area contributed by atoms with Gasteiger partial charge < -0.3 is 19.8 Å². The first-order chi connectivity index (χ1) is 15.4. The van der Waals surface area contributed by atoms with Crippen molar-refractivity contribution in [2.75, 3.05) is 13.1 Å². The molecule has 170 valence electrons. The maximum atomic E-state index is 12.9. The van der Waals surface area contributed by atoms with Gasteiger partial charge in [-0.05, 0) is 74.9 Å². The molecule has 2 amide bonds. The maximum absolute atomic E-state index is 12.9. The van der Waals surface area contributed by atoms with E-state index in [0.717, 1.165) is 31.4 Å². The van der Waals surface area contributed by atoms with Crippen molar-refractivity contribution in [3.63, 3.8) is 0 Å². The van der Waals surface area contributed by atoms with Crippen LogP contribution in [0.25, 0.3) is 10.1 Å². The SMILES string of the molecule is CCNC(=O)O[C@H]1CC[C@](CNC(=O)c2cc(C)oc2C)(c2csc3ccccc32)CC1. The highest BCUT2D eigenvalue weighted by Crippen LogP contribution is 2.44. The molecule has 0 unspecified atom stereocenters. The van der Waals surface area contributed by atoms with Crippen molar-refractivity contribution >= 4 is 33.4 Å². The van der Waals surface area contributed by atoms with Crippen LogP contribution < -0.4 is 10.6 Å². The normalized spacial score (nSPS) is 20.8. The van der Waals surface area contributed by atoms with Gasteiger partial charge in [-0.1, -0.05) is 18.2 Å². The highest BCUT2D eigenvalue weighted by Gasteiger charge is 2.40. The lowest BCUT2D eigenvalue weighted by molar-refractivity contribution is 0.0570. The summed E-state index contributed by atoms with van der Waals surface area (Å²) in [5.41, 5.74) is 1.65. The zero-order chi connectivity index (χ0) is 22.7. The molecule has 0 bridgehead atoms. The van der Waals surface area contributed by atoms with E-state index in [-0.39, 0.29) is 23.5 Å². The van der Waals surface area contributed by atoms with E-state index in [9.17, 15) is 9.59 Å². The number of furan rings is 1. The van der Waals surface area contributed by atoms with Crippen LogP contribution in [0.15, 0.2) is 40.1 Å². The Morgan fingerprint density at radius 2 is 1.94 bits per heavy atom. The minimum atomic E-state index is -0.356. The summed E-state index contributed by atoms with van der Waals surface area (Å²) in [5, 5.41) is 9.36. The summed E-state index contributed by atoms with van der Waals surface area (Å²) in [5.74, 6) is 1.25. The summed E-state index contributed by atoms with van der Waals surface area (Å²) in [4.78, 5) is 24.8. The molecule has 2 aromatic heterocycles. The van der Waals surface area contributed by atoms with E-state index in [2.05, 4.69) is 40.3 Å². The van der Waals surface area contributed by atoms with Crippen molar-refractivity contribution in [1.29, 1.82) is 0 Å². The van der Waals surface area contributed by atoms with Crippen molar-refractivity contribution in [2.45, 2.75) is 58.0 Å². The van der Waals surface area contributed by atoms with E-state index >= 15 is 0 Å². The van der Waals surface area contributed by atoms with Crippen molar-refractivity contribution in [3.8, 4) is 0 Å². The number of hydrogen-bond acceptors (Lipinski definition) is 5.